The van der Waals surface area contributed by atoms with E-state index in [-0.39, 0.29) is 37.7 Å². The van der Waals surface area contributed by atoms with E-state index in [1.54, 1.807) is 0 Å². The summed E-state index contributed by atoms with van der Waals surface area (Å²) in [6, 6.07) is 0. The van der Waals surface area contributed by atoms with E-state index in [9.17, 15) is 18.9 Å². The molecule has 0 aromatic carbocycles. The van der Waals surface area contributed by atoms with Crippen LogP contribution in [-0.2, 0) is 13.4 Å². The van der Waals surface area contributed by atoms with Crippen LogP contribution >= 0.6 is 16.5 Å². The summed E-state index contributed by atoms with van der Waals surface area (Å²) in [6.07, 6.45) is 11.8. The van der Waals surface area contributed by atoms with Crippen LogP contribution in [-0.4, -0.2) is 49.5 Å². The average molecular weight is 356 g/mol. The zero-order valence-corrected chi connectivity index (χ0v) is 16.5. The van der Waals surface area contributed by atoms with Crippen LogP contribution in [0.1, 0.15) is 64.7 Å². The second-order valence-corrected chi connectivity index (χ2v) is 5.97. The maximum atomic E-state index is 9.29. The third-order valence-corrected chi connectivity index (χ3v) is 3.76. The van der Waals surface area contributed by atoms with Gasteiger partial charge in [0, 0.05) is 6.61 Å². The molecule has 118 valence electrons. The van der Waals surface area contributed by atoms with E-state index >= 15 is 0 Å². The molecule has 0 heterocycles. The van der Waals surface area contributed by atoms with Crippen molar-refractivity contribution >= 4 is 54.2 Å². The first-order valence-corrected chi connectivity index (χ1v) is 9.20. The van der Waals surface area contributed by atoms with E-state index in [0.29, 0.717) is 6.61 Å². The van der Waals surface area contributed by atoms with Crippen LogP contribution in [0.3, 0.4) is 0 Å². The summed E-state index contributed by atoms with van der Waals surface area (Å²) >= 11 is 0. The summed E-state index contributed by atoms with van der Waals surface area (Å²) in [7, 11) is -7.03. The third-order valence-electron chi connectivity index (χ3n) is 2.43. The zero-order chi connectivity index (χ0) is 14.9. The van der Waals surface area contributed by atoms with Crippen molar-refractivity contribution in [1.29, 1.82) is 0 Å². The molecule has 0 radical (unpaired) electrons. The van der Waals surface area contributed by atoms with E-state index < -0.39 is 16.5 Å². The Labute approximate surface area is 153 Å². The number of aliphatic hydroxyl groups excluding tert-OH is 1. The van der Waals surface area contributed by atoms with E-state index in [0.717, 1.165) is 6.42 Å². The Hall–Kier alpha value is 1.56. The molecule has 0 amide bonds. The van der Waals surface area contributed by atoms with E-state index in [1.165, 1.54) is 51.4 Å². The van der Waals surface area contributed by atoms with Crippen molar-refractivity contribution in [3.05, 3.63) is 0 Å². The first-order chi connectivity index (χ1) is 9.04. The van der Waals surface area contributed by atoms with Gasteiger partial charge in [0.1, 0.15) is 16.5 Å². The van der Waals surface area contributed by atoms with Crippen molar-refractivity contribution < 1.29 is 28.3 Å². The van der Waals surface area contributed by atoms with Crippen molar-refractivity contribution in [2.75, 3.05) is 6.61 Å². The molecule has 2 unspecified atom stereocenters. The maximum Gasteiger partial charge on any atom is 2.00 e. The summed E-state index contributed by atoms with van der Waals surface area (Å²) in [5.74, 6) is 0. The Morgan fingerprint density at radius 2 is 1.20 bits per heavy atom. The van der Waals surface area contributed by atoms with Gasteiger partial charge in [-0.2, -0.15) is 0 Å². The van der Waals surface area contributed by atoms with Gasteiger partial charge in [0.2, 0.25) is 0 Å². The monoisotopic (exact) mass is 356 g/mol. The van der Waals surface area contributed by atoms with Crippen molar-refractivity contribution in [2.24, 2.45) is 0 Å². The molecule has 0 aliphatic rings. The van der Waals surface area contributed by atoms with Crippen molar-refractivity contribution in [3.8, 4) is 0 Å². The van der Waals surface area contributed by atoms with Crippen LogP contribution < -0.4 is 9.79 Å². The topological polar surface area (TPSA) is 110 Å². The van der Waals surface area contributed by atoms with Crippen LogP contribution in [0.25, 0.3) is 0 Å². The molecule has 0 saturated carbocycles. The van der Waals surface area contributed by atoms with Gasteiger partial charge in [0.15, 0.2) is 0 Å². The molecule has 0 saturated heterocycles. The number of aliphatic hydroxyl groups is 1. The summed E-state index contributed by atoms with van der Waals surface area (Å²) in [5, 5.41) is 8.54. The van der Waals surface area contributed by atoms with Crippen LogP contribution in [0.15, 0.2) is 0 Å². The quantitative estimate of drug-likeness (QED) is 0.342. The minimum atomic E-state index is -3.51. The summed E-state index contributed by atoms with van der Waals surface area (Å²) in [4.78, 5) is 18.6. The molecular weight excluding hydrogens is 330 g/mol. The zero-order valence-electron chi connectivity index (χ0n) is 12.3. The van der Waals surface area contributed by atoms with Gasteiger partial charge in [-0.05, 0) is 6.42 Å². The van der Waals surface area contributed by atoms with Gasteiger partial charge in [0.25, 0.3) is 0 Å². The second kappa shape index (κ2) is 22.8. The molecule has 0 rings (SSSR count). The SMILES string of the molecule is CCCCCCCCCCCO.O=[PH]([O-])O[PH](=O)[O-].[Ca+2]. The smallest absolute Gasteiger partial charge is 0.781 e. The molecule has 1 N–H and O–H groups in total. The Kier molecular flexibility index (Phi) is 30.2. The minimum absolute atomic E-state index is 0. The predicted octanol–water partition coefficient (Wildman–Crippen LogP) is 1.63. The molecule has 0 spiro atoms. The third kappa shape index (κ3) is 31.8. The first kappa shape index (κ1) is 26.5. The van der Waals surface area contributed by atoms with E-state index in [4.69, 9.17) is 5.11 Å². The Balaban J connectivity index is -0.000000312. The molecule has 0 fully saturated rings. The van der Waals surface area contributed by atoms with Gasteiger partial charge in [-0.3, -0.25) is 4.31 Å². The normalized spacial score (nSPS) is 12.8. The summed E-state index contributed by atoms with van der Waals surface area (Å²) in [5.41, 5.74) is 0. The van der Waals surface area contributed by atoms with Gasteiger partial charge in [-0.25, -0.2) is 0 Å². The summed E-state index contributed by atoms with van der Waals surface area (Å²) in [6.45, 7) is 2.62. The molecule has 0 aromatic rings. The Bertz CT molecular complexity index is 209. The fraction of sp³-hybridized carbons (Fsp3) is 1.00. The van der Waals surface area contributed by atoms with E-state index in [2.05, 4.69) is 11.2 Å². The fourth-order valence-electron chi connectivity index (χ4n) is 1.49. The number of unbranched alkanes of at least 4 members (excludes halogenated alkanes) is 8. The van der Waals surface area contributed by atoms with Crippen molar-refractivity contribution in [3.63, 3.8) is 0 Å². The van der Waals surface area contributed by atoms with Crippen LogP contribution in [0, 0.1) is 0 Å². The molecular formula is C11H26CaO6P2. The maximum absolute atomic E-state index is 9.29. The van der Waals surface area contributed by atoms with Gasteiger partial charge in [-0.1, -0.05) is 58.3 Å². The van der Waals surface area contributed by atoms with Gasteiger partial charge in [-0.15, -0.1) is 0 Å². The second-order valence-electron chi connectivity index (χ2n) is 4.15. The molecule has 2 atom stereocenters. The van der Waals surface area contributed by atoms with Crippen molar-refractivity contribution in [2.45, 2.75) is 64.7 Å². The van der Waals surface area contributed by atoms with Gasteiger partial charge < -0.3 is 24.0 Å². The molecule has 6 nitrogen and oxygen atoms in total. The summed E-state index contributed by atoms with van der Waals surface area (Å²) < 4.78 is 21.8. The largest absolute Gasteiger partial charge is 2.00 e. The van der Waals surface area contributed by atoms with Crippen LogP contribution in [0.4, 0.5) is 0 Å². The number of rotatable bonds is 11. The molecule has 0 aromatic heterocycles. The van der Waals surface area contributed by atoms with Gasteiger partial charge in [0.05, 0.1) is 0 Å². The Morgan fingerprint density at radius 3 is 1.45 bits per heavy atom. The fourth-order valence-corrected chi connectivity index (χ4v) is 2.03. The molecule has 20 heavy (non-hydrogen) atoms. The average Bonchev–Trinajstić information content (AvgIpc) is 2.32. The molecule has 0 aliphatic carbocycles. The standard InChI is InChI=1S/C11H24O.Ca.H4O5P2/c1-2-3-4-5-6-7-8-9-10-11-12;;1-6(2)5-7(3)4/h12H,2-11H2,1H3;;6-7H,(H,1,2)(H,3,4)/q;+2;/p-2. The molecule has 9 heteroatoms. The number of hydrogen-bond acceptors (Lipinski definition) is 6. The molecule has 0 bridgehead atoms. The predicted molar refractivity (Wildman–Crippen MR) is 79.2 cm³/mol. The minimum Gasteiger partial charge on any atom is -0.781 e. The first-order valence-electron chi connectivity index (χ1n) is 6.75. The van der Waals surface area contributed by atoms with Crippen molar-refractivity contribution in [1.82, 2.24) is 0 Å². The van der Waals surface area contributed by atoms with E-state index in [1.807, 2.05) is 0 Å². The van der Waals surface area contributed by atoms with Gasteiger partial charge >= 0.3 is 37.7 Å². The Morgan fingerprint density at radius 1 is 0.850 bits per heavy atom. The van der Waals surface area contributed by atoms with Crippen LogP contribution in [0.5, 0.6) is 0 Å². The van der Waals surface area contributed by atoms with Crippen LogP contribution in [0.2, 0.25) is 0 Å². The molecule has 0 aliphatic heterocycles. The number of hydrogen-bond donors (Lipinski definition) is 1.